The first kappa shape index (κ1) is 10.9. The van der Waals surface area contributed by atoms with Crippen LogP contribution in [0.2, 0.25) is 0 Å². The fourth-order valence-electron chi connectivity index (χ4n) is 2.06. The minimum absolute atomic E-state index is 0.692. The van der Waals surface area contributed by atoms with Crippen LogP contribution >= 0.6 is 10.8 Å². The summed E-state index contributed by atoms with van der Waals surface area (Å²) in [5, 5.41) is 1.67. The van der Waals surface area contributed by atoms with Crippen LogP contribution in [0, 0.1) is 6.92 Å². The molecule has 0 aliphatic carbocycles. The number of thiophene rings is 1. The van der Waals surface area contributed by atoms with Gasteiger partial charge in [-0.1, -0.05) is 0 Å². The number of morpholine rings is 1. The fourth-order valence-corrected chi connectivity index (χ4v) is 3.12. The Morgan fingerprint density at radius 2 is 2.12 bits per heavy atom. The number of anilines is 1. The van der Waals surface area contributed by atoms with Crippen LogP contribution in [-0.2, 0) is 4.74 Å². The number of aromatic nitrogens is 2. The van der Waals surface area contributed by atoms with Crippen molar-refractivity contribution in [1.29, 1.82) is 0 Å². The quantitative estimate of drug-likeness (QED) is 0.719. The molecule has 1 unspecified atom stereocenters. The fraction of sp³-hybridized carbons (Fsp3) is 0.455. The molecule has 17 heavy (non-hydrogen) atoms. The number of fused-ring (bicyclic) bond motifs is 1. The summed E-state index contributed by atoms with van der Waals surface area (Å²) in [6.45, 7) is 4.83. The highest BCUT2D eigenvalue weighted by Gasteiger charge is 2.22. The van der Waals surface area contributed by atoms with Gasteiger partial charge in [0.15, 0.2) is 5.82 Å². The molecule has 1 aliphatic heterocycles. The summed E-state index contributed by atoms with van der Waals surface area (Å²) in [6, 6.07) is 1.81. The largest absolute Gasteiger partial charge is 0.590 e. The Kier molecular flexibility index (Phi) is 2.70. The number of ether oxygens (including phenoxy) is 1. The highest BCUT2D eigenvalue weighted by atomic mass is 32.2. The monoisotopic (exact) mass is 251 g/mol. The predicted molar refractivity (Wildman–Crippen MR) is 66.0 cm³/mol. The number of hydrogen-bond donors (Lipinski definition) is 0. The Morgan fingerprint density at radius 1 is 1.35 bits per heavy atom. The van der Waals surface area contributed by atoms with Crippen LogP contribution in [-0.4, -0.2) is 40.8 Å². The van der Waals surface area contributed by atoms with Crippen molar-refractivity contribution < 1.29 is 9.29 Å². The van der Waals surface area contributed by atoms with Crippen molar-refractivity contribution in [3.8, 4) is 0 Å². The summed E-state index contributed by atoms with van der Waals surface area (Å²) in [4.78, 5) is 10.9. The van der Waals surface area contributed by atoms with Gasteiger partial charge in [0, 0.05) is 19.2 Å². The molecule has 3 rings (SSSR count). The van der Waals surface area contributed by atoms with Crippen LogP contribution in [0.4, 0.5) is 5.82 Å². The summed E-state index contributed by atoms with van der Waals surface area (Å²) in [5.74, 6) is 1.52. The van der Waals surface area contributed by atoms with E-state index in [9.17, 15) is 4.55 Å². The van der Waals surface area contributed by atoms with E-state index < -0.39 is 10.8 Å². The van der Waals surface area contributed by atoms with E-state index in [1.807, 2.05) is 13.0 Å². The van der Waals surface area contributed by atoms with E-state index in [0.717, 1.165) is 29.1 Å². The number of nitrogens with zero attached hydrogens (tertiary/aromatic N) is 3. The maximum Gasteiger partial charge on any atom is 0.240 e. The third-order valence-corrected chi connectivity index (χ3v) is 4.02. The maximum absolute atomic E-state index is 11.9. The highest BCUT2D eigenvalue weighted by Crippen LogP contribution is 2.34. The molecule has 5 nitrogen and oxygen atoms in total. The van der Waals surface area contributed by atoms with Gasteiger partial charge in [0.25, 0.3) is 0 Å². The van der Waals surface area contributed by atoms with Gasteiger partial charge >= 0.3 is 0 Å². The molecule has 1 atom stereocenters. The molecule has 0 bridgehead atoms. The average Bonchev–Trinajstić information content (AvgIpc) is 2.71. The molecular formula is C11H13N3O2S. The first-order valence-corrected chi connectivity index (χ1v) is 6.77. The minimum atomic E-state index is -1.11. The lowest BCUT2D eigenvalue weighted by Gasteiger charge is -2.27. The van der Waals surface area contributed by atoms with E-state index in [2.05, 4.69) is 14.9 Å². The van der Waals surface area contributed by atoms with Crippen molar-refractivity contribution in [3.63, 3.8) is 0 Å². The molecule has 0 saturated carbocycles. The van der Waals surface area contributed by atoms with Crippen molar-refractivity contribution in [3.05, 3.63) is 17.3 Å². The van der Waals surface area contributed by atoms with Crippen LogP contribution in [0.25, 0.3) is 10.2 Å². The van der Waals surface area contributed by atoms with Gasteiger partial charge in [0.2, 0.25) is 4.70 Å². The molecule has 2 aromatic rings. The van der Waals surface area contributed by atoms with Gasteiger partial charge in [-0.3, -0.25) is 0 Å². The van der Waals surface area contributed by atoms with Crippen LogP contribution in [0.5, 0.6) is 0 Å². The van der Waals surface area contributed by atoms with Crippen LogP contribution in [0.3, 0.4) is 0 Å². The Labute approximate surface area is 102 Å². The van der Waals surface area contributed by atoms with Gasteiger partial charge in [-0.2, -0.15) is 0 Å². The van der Waals surface area contributed by atoms with E-state index in [1.165, 1.54) is 0 Å². The van der Waals surface area contributed by atoms with Crippen molar-refractivity contribution in [1.82, 2.24) is 9.97 Å². The lowest BCUT2D eigenvalue weighted by molar-refractivity contribution is 0.122. The Balaban J connectivity index is 2.15. The van der Waals surface area contributed by atoms with Gasteiger partial charge in [-0.05, 0) is 17.7 Å². The third kappa shape index (κ3) is 1.88. The van der Waals surface area contributed by atoms with Crippen molar-refractivity contribution in [2.45, 2.75) is 6.92 Å². The molecule has 6 heteroatoms. The molecule has 0 amide bonds. The highest BCUT2D eigenvalue weighted by molar-refractivity contribution is 7.30. The number of rotatable bonds is 1. The normalized spacial score (nSPS) is 17.8. The second kappa shape index (κ2) is 4.21. The predicted octanol–water partition coefficient (Wildman–Crippen LogP) is 1.50. The van der Waals surface area contributed by atoms with E-state index in [1.54, 1.807) is 5.38 Å². The minimum Gasteiger partial charge on any atom is -0.590 e. The van der Waals surface area contributed by atoms with Crippen molar-refractivity contribution >= 4 is 26.8 Å². The Morgan fingerprint density at radius 3 is 2.88 bits per heavy atom. The first-order valence-electron chi connectivity index (χ1n) is 5.56. The summed E-state index contributed by atoms with van der Waals surface area (Å²) in [6.07, 6.45) is 0. The van der Waals surface area contributed by atoms with Gasteiger partial charge in [-0.15, -0.1) is 0 Å². The number of hydrogen-bond acceptors (Lipinski definition) is 5. The van der Waals surface area contributed by atoms with Crippen LogP contribution in [0.1, 0.15) is 5.82 Å². The first-order chi connectivity index (χ1) is 8.25. The zero-order chi connectivity index (χ0) is 11.8. The summed E-state index contributed by atoms with van der Waals surface area (Å²) < 4.78 is 18.0. The zero-order valence-corrected chi connectivity index (χ0v) is 10.4. The van der Waals surface area contributed by atoms with E-state index in [0.29, 0.717) is 19.0 Å². The Bertz CT molecular complexity index is 549. The maximum atomic E-state index is 11.9. The standard InChI is InChI=1S/C11H13N3O2S/c1-8-12-9-2-7-17(15)10(9)11(13-8)14-3-5-16-6-4-14/h2,7H,3-6H2,1H3. The molecule has 0 N–H and O–H groups in total. The average molecular weight is 251 g/mol. The third-order valence-electron chi connectivity index (χ3n) is 2.85. The van der Waals surface area contributed by atoms with Crippen LogP contribution in [0.15, 0.2) is 11.4 Å². The second-order valence-corrected chi connectivity index (χ2v) is 5.28. The van der Waals surface area contributed by atoms with Gasteiger partial charge in [0.05, 0.1) is 13.2 Å². The van der Waals surface area contributed by atoms with Crippen molar-refractivity contribution in [2.75, 3.05) is 31.2 Å². The summed E-state index contributed by atoms with van der Waals surface area (Å²) in [7, 11) is -1.11. The molecule has 1 saturated heterocycles. The molecule has 0 radical (unpaired) electrons. The SMILES string of the molecule is Cc1nc(N2CCOCC2)c2c(cc[s+]2[O-])n1. The lowest BCUT2D eigenvalue weighted by Crippen LogP contribution is -2.37. The summed E-state index contributed by atoms with van der Waals surface area (Å²) >= 11 is 0. The van der Waals surface area contributed by atoms with Crippen LogP contribution < -0.4 is 4.90 Å². The van der Waals surface area contributed by atoms with E-state index >= 15 is 0 Å². The number of aryl methyl sites for hydroxylation is 1. The molecule has 90 valence electrons. The van der Waals surface area contributed by atoms with Gasteiger partial charge < -0.3 is 14.2 Å². The van der Waals surface area contributed by atoms with Gasteiger partial charge in [0.1, 0.15) is 16.7 Å². The zero-order valence-electron chi connectivity index (χ0n) is 9.55. The lowest BCUT2D eigenvalue weighted by atomic mass is 10.3. The molecule has 1 fully saturated rings. The molecule has 0 aromatic carbocycles. The summed E-state index contributed by atoms with van der Waals surface area (Å²) in [5.41, 5.74) is 0.789. The Hall–Kier alpha value is -1.24. The van der Waals surface area contributed by atoms with E-state index in [-0.39, 0.29) is 0 Å². The smallest absolute Gasteiger partial charge is 0.240 e. The molecule has 0 spiro atoms. The van der Waals surface area contributed by atoms with E-state index in [4.69, 9.17) is 4.74 Å². The molecular weight excluding hydrogens is 238 g/mol. The van der Waals surface area contributed by atoms with Crippen molar-refractivity contribution in [2.24, 2.45) is 0 Å². The molecule has 2 aromatic heterocycles. The van der Waals surface area contributed by atoms with Gasteiger partial charge in [-0.25, -0.2) is 9.97 Å². The topological polar surface area (TPSA) is 61.3 Å². The molecule has 3 heterocycles. The molecule has 1 aliphatic rings. The second-order valence-electron chi connectivity index (χ2n) is 4.01.